The van der Waals surface area contributed by atoms with Crippen molar-refractivity contribution in [2.24, 2.45) is 22.7 Å². The molecular formula is C22H32O6. The molecule has 28 heavy (non-hydrogen) atoms. The molecule has 2 saturated carbocycles. The van der Waals surface area contributed by atoms with Crippen LogP contribution in [0, 0.1) is 22.7 Å². The Morgan fingerprint density at radius 1 is 1.32 bits per heavy atom. The first-order valence-corrected chi connectivity index (χ1v) is 10.9. The number of aliphatic hydroxyl groups excluding tert-OH is 1. The Morgan fingerprint density at radius 3 is 2.86 bits per heavy atom. The molecular weight excluding hydrogens is 360 g/mol. The number of cyclic esters (lactones) is 1. The SMILES string of the molecule is CCO[C@H]1O[C@@H](O)[C@@]23CC[C@H](C)[C@@](C)(CCC4=CC(=O)OC4)[C@@H]2CC[C@@H]2O[C@@]123. The highest BCUT2D eigenvalue weighted by molar-refractivity contribution is 5.85. The largest absolute Gasteiger partial charge is 0.458 e. The molecule has 4 fully saturated rings. The zero-order chi connectivity index (χ0) is 19.7. The lowest BCUT2D eigenvalue weighted by Gasteiger charge is -2.59. The lowest BCUT2D eigenvalue weighted by Crippen LogP contribution is -2.61. The number of carbonyl (C=O) groups is 1. The lowest BCUT2D eigenvalue weighted by atomic mass is 9.44. The fourth-order valence-corrected chi connectivity index (χ4v) is 7.13. The number of rotatable bonds is 5. The molecule has 5 aliphatic rings. The molecule has 3 aliphatic heterocycles. The summed E-state index contributed by atoms with van der Waals surface area (Å²) < 4.78 is 23.3. The van der Waals surface area contributed by atoms with E-state index in [1.54, 1.807) is 6.08 Å². The number of hydrogen-bond acceptors (Lipinski definition) is 6. The van der Waals surface area contributed by atoms with Gasteiger partial charge in [0.25, 0.3) is 0 Å². The zero-order valence-electron chi connectivity index (χ0n) is 17.1. The van der Waals surface area contributed by atoms with E-state index in [1.807, 2.05) is 6.92 Å². The molecule has 1 N–H and O–H groups in total. The van der Waals surface area contributed by atoms with Gasteiger partial charge in [-0.2, -0.15) is 0 Å². The van der Waals surface area contributed by atoms with Crippen LogP contribution in [0.15, 0.2) is 11.6 Å². The maximum atomic E-state index is 11.4. The van der Waals surface area contributed by atoms with Gasteiger partial charge in [-0.15, -0.1) is 0 Å². The van der Waals surface area contributed by atoms with Crippen molar-refractivity contribution < 1.29 is 28.8 Å². The number of epoxide rings is 1. The molecule has 6 heteroatoms. The van der Waals surface area contributed by atoms with Gasteiger partial charge >= 0.3 is 5.97 Å². The van der Waals surface area contributed by atoms with Crippen molar-refractivity contribution in [3.63, 3.8) is 0 Å². The van der Waals surface area contributed by atoms with Crippen molar-refractivity contribution in [3.8, 4) is 0 Å². The van der Waals surface area contributed by atoms with Crippen LogP contribution in [0.25, 0.3) is 0 Å². The number of esters is 1. The Bertz CT molecular complexity index is 705. The minimum absolute atomic E-state index is 0.0418. The standard InChI is InChI=1S/C22H32O6/c1-4-25-19-22-16(28-22)6-5-15-20(3,9-8-14-11-17(23)26-12-14)13(2)7-10-21(15,22)18(24)27-19/h11,13,15-16,18-19,24H,4-10,12H2,1-3H3/t13-,15-,16-,18+,19-,20+,21+,22+/m0/s1. The van der Waals surface area contributed by atoms with E-state index in [4.69, 9.17) is 18.9 Å². The van der Waals surface area contributed by atoms with E-state index in [1.165, 1.54) is 0 Å². The van der Waals surface area contributed by atoms with Crippen molar-refractivity contribution >= 4 is 5.97 Å². The van der Waals surface area contributed by atoms with Crippen LogP contribution in [-0.2, 0) is 23.7 Å². The van der Waals surface area contributed by atoms with E-state index in [0.29, 0.717) is 25.0 Å². The molecule has 0 radical (unpaired) electrons. The van der Waals surface area contributed by atoms with Gasteiger partial charge in [-0.3, -0.25) is 0 Å². The first-order valence-electron chi connectivity index (χ1n) is 10.9. The molecule has 0 unspecified atom stereocenters. The van der Waals surface area contributed by atoms with E-state index in [0.717, 1.165) is 44.1 Å². The summed E-state index contributed by atoms with van der Waals surface area (Å²) in [6, 6.07) is 0. The smallest absolute Gasteiger partial charge is 0.331 e. The minimum Gasteiger partial charge on any atom is -0.458 e. The van der Waals surface area contributed by atoms with Gasteiger partial charge < -0.3 is 24.1 Å². The van der Waals surface area contributed by atoms with Gasteiger partial charge in [0.15, 0.2) is 18.2 Å². The first-order chi connectivity index (χ1) is 13.4. The number of ether oxygens (including phenoxy) is 4. The summed E-state index contributed by atoms with van der Waals surface area (Å²) in [6.07, 6.45) is 6.31. The zero-order valence-corrected chi connectivity index (χ0v) is 17.1. The van der Waals surface area contributed by atoms with Gasteiger partial charge in [0.1, 0.15) is 6.61 Å². The second kappa shape index (κ2) is 6.27. The summed E-state index contributed by atoms with van der Waals surface area (Å²) in [5.41, 5.74) is 0.242. The van der Waals surface area contributed by atoms with E-state index in [-0.39, 0.29) is 17.5 Å². The van der Waals surface area contributed by atoms with Crippen molar-refractivity contribution in [2.45, 2.75) is 83.6 Å². The highest BCUT2D eigenvalue weighted by Gasteiger charge is 2.85. The van der Waals surface area contributed by atoms with Crippen molar-refractivity contribution in [1.82, 2.24) is 0 Å². The average molecular weight is 392 g/mol. The Labute approximate surface area is 166 Å². The highest BCUT2D eigenvalue weighted by Crippen LogP contribution is 2.75. The molecule has 6 nitrogen and oxygen atoms in total. The topological polar surface area (TPSA) is 77.5 Å². The maximum absolute atomic E-state index is 11.4. The summed E-state index contributed by atoms with van der Waals surface area (Å²) in [5.74, 6) is 0.618. The third-order valence-corrected chi connectivity index (χ3v) is 8.81. The Kier molecular flexibility index (Phi) is 4.27. The second-order valence-corrected chi connectivity index (χ2v) is 9.70. The molecule has 2 spiro atoms. The molecule has 0 bridgehead atoms. The predicted molar refractivity (Wildman–Crippen MR) is 100 cm³/mol. The predicted octanol–water partition coefficient (Wildman–Crippen LogP) is 2.93. The van der Waals surface area contributed by atoms with Crippen molar-refractivity contribution in [3.05, 3.63) is 11.6 Å². The van der Waals surface area contributed by atoms with Gasteiger partial charge in [-0.25, -0.2) is 4.79 Å². The normalized spacial score (nSPS) is 51.8. The van der Waals surface area contributed by atoms with Gasteiger partial charge in [0.2, 0.25) is 0 Å². The first kappa shape index (κ1) is 19.0. The van der Waals surface area contributed by atoms with Crippen LogP contribution in [-0.4, -0.2) is 48.6 Å². The maximum Gasteiger partial charge on any atom is 0.331 e. The van der Waals surface area contributed by atoms with Crippen LogP contribution in [0.5, 0.6) is 0 Å². The Hall–Kier alpha value is -0.950. The van der Waals surface area contributed by atoms with Crippen molar-refractivity contribution in [1.29, 1.82) is 0 Å². The summed E-state index contributed by atoms with van der Waals surface area (Å²) in [5, 5.41) is 11.2. The summed E-state index contributed by atoms with van der Waals surface area (Å²) >= 11 is 0. The number of aliphatic hydroxyl groups is 1. The molecule has 3 heterocycles. The van der Waals surface area contributed by atoms with Gasteiger partial charge in [-0.05, 0) is 68.3 Å². The molecule has 0 amide bonds. The highest BCUT2D eigenvalue weighted by atomic mass is 16.8. The fraction of sp³-hybridized carbons (Fsp3) is 0.864. The van der Waals surface area contributed by atoms with E-state index < -0.39 is 23.6 Å². The van der Waals surface area contributed by atoms with E-state index >= 15 is 0 Å². The lowest BCUT2D eigenvalue weighted by molar-refractivity contribution is -0.220. The van der Waals surface area contributed by atoms with Crippen LogP contribution in [0.3, 0.4) is 0 Å². The molecule has 8 atom stereocenters. The van der Waals surface area contributed by atoms with Crippen LogP contribution in [0.2, 0.25) is 0 Å². The van der Waals surface area contributed by atoms with E-state index in [2.05, 4.69) is 13.8 Å². The molecule has 5 rings (SSSR count). The van der Waals surface area contributed by atoms with Crippen LogP contribution in [0.4, 0.5) is 0 Å². The third kappa shape index (κ3) is 2.26. The van der Waals surface area contributed by atoms with Crippen molar-refractivity contribution in [2.75, 3.05) is 13.2 Å². The van der Waals surface area contributed by atoms with Crippen LogP contribution >= 0.6 is 0 Å². The van der Waals surface area contributed by atoms with Gasteiger partial charge in [0.05, 0.1) is 11.5 Å². The summed E-state index contributed by atoms with van der Waals surface area (Å²) in [7, 11) is 0. The average Bonchev–Trinajstić information content (AvgIpc) is 3.22. The number of carbonyl (C=O) groups excluding carboxylic acids is 1. The van der Waals surface area contributed by atoms with Gasteiger partial charge in [0, 0.05) is 12.7 Å². The van der Waals surface area contributed by atoms with Gasteiger partial charge in [-0.1, -0.05) is 13.8 Å². The fourth-order valence-electron chi connectivity index (χ4n) is 7.13. The molecule has 0 aromatic heterocycles. The third-order valence-electron chi connectivity index (χ3n) is 8.81. The minimum atomic E-state index is -0.846. The number of hydrogen-bond donors (Lipinski definition) is 1. The van der Waals surface area contributed by atoms with Crippen LogP contribution < -0.4 is 0 Å². The monoisotopic (exact) mass is 392 g/mol. The molecule has 2 aliphatic carbocycles. The quantitative estimate of drug-likeness (QED) is 0.573. The van der Waals surface area contributed by atoms with E-state index in [9.17, 15) is 9.90 Å². The molecule has 0 aromatic carbocycles. The summed E-state index contributed by atoms with van der Waals surface area (Å²) in [4.78, 5) is 11.4. The Balaban J connectivity index is 1.47. The Morgan fingerprint density at radius 2 is 2.14 bits per heavy atom. The molecule has 2 saturated heterocycles. The van der Waals surface area contributed by atoms with Crippen LogP contribution in [0.1, 0.15) is 59.3 Å². The molecule has 156 valence electrons. The second-order valence-electron chi connectivity index (χ2n) is 9.70. The summed E-state index contributed by atoms with van der Waals surface area (Å²) in [6.45, 7) is 7.64. The molecule has 0 aromatic rings.